The molecule has 2 N–H and O–H groups in total. The summed E-state index contributed by atoms with van der Waals surface area (Å²) in [4.78, 5) is 2.38. The Labute approximate surface area is 117 Å². The van der Waals surface area contributed by atoms with Crippen LogP contribution in [0.1, 0.15) is 31.2 Å². The second-order valence-electron chi connectivity index (χ2n) is 4.79. The van der Waals surface area contributed by atoms with E-state index in [0.29, 0.717) is 6.04 Å². The molecule has 0 aromatic heterocycles. The second-order valence-corrected chi connectivity index (χ2v) is 5.70. The molecule has 0 spiro atoms. The molecule has 0 aliphatic carbocycles. The Balaban J connectivity index is 2.20. The molecule has 1 saturated heterocycles. The van der Waals surface area contributed by atoms with Crippen LogP contribution in [-0.2, 0) is 6.61 Å². The summed E-state index contributed by atoms with van der Waals surface area (Å²) in [5.41, 5.74) is 2.11. The highest BCUT2D eigenvalue weighted by atomic mass is 79.9. The van der Waals surface area contributed by atoms with Gasteiger partial charge in [0.2, 0.25) is 0 Å². The molecule has 0 radical (unpaired) electrons. The van der Waals surface area contributed by atoms with Gasteiger partial charge in [-0.2, -0.15) is 0 Å². The molecule has 1 aliphatic rings. The summed E-state index contributed by atoms with van der Waals surface area (Å²) in [5, 5.41) is 18.4. The highest BCUT2D eigenvalue weighted by Gasteiger charge is 2.25. The first-order chi connectivity index (χ1) is 8.76. The van der Waals surface area contributed by atoms with Crippen molar-refractivity contribution in [2.75, 3.05) is 18.1 Å². The van der Waals surface area contributed by atoms with Crippen molar-refractivity contribution < 1.29 is 10.2 Å². The van der Waals surface area contributed by atoms with E-state index in [1.54, 1.807) is 0 Å². The minimum Gasteiger partial charge on any atom is -0.396 e. The molecule has 1 aliphatic heterocycles. The van der Waals surface area contributed by atoms with Gasteiger partial charge in [-0.1, -0.05) is 22.0 Å². The Bertz CT molecular complexity index is 397. The molecular formula is C14H20BrNO2. The zero-order valence-electron chi connectivity index (χ0n) is 10.5. The average molecular weight is 314 g/mol. The summed E-state index contributed by atoms with van der Waals surface area (Å²) in [5.74, 6) is 0. The molecule has 18 heavy (non-hydrogen) atoms. The lowest BCUT2D eigenvalue weighted by Gasteiger charge is -2.28. The maximum Gasteiger partial charge on any atom is 0.0702 e. The number of hydrogen-bond acceptors (Lipinski definition) is 3. The summed E-state index contributed by atoms with van der Waals surface area (Å²) in [6, 6.07) is 6.52. The van der Waals surface area contributed by atoms with Crippen LogP contribution < -0.4 is 4.90 Å². The quantitative estimate of drug-likeness (QED) is 0.878. The highest BCUT2D eigenvalue weighted by Crippen LogP contribution is 2.32. The Morgan fingerprint density at radius 3 is 2.89 bits per heavy atom. The molecule has 0 saturated carbocycles. The number of aliphatic hydroxyl groups excluding tert-OH is 2. The summed E-state index contributed by atoms with van der Waals surface area (Å²) in [6.45, 7) is 1.38. The zero-order valence-corrected chi connectivity index (χ0v) is 12.1. The molecule has 100 valence electrons. The summed E-state index contributed by atoms with van der Waals surface area (Å²) >= 11 is 3.50. The predicted molar refractivity (Wildman–Crippen MR) is 76.8 cm³/mol. The van der Waals surface area contributed by atoms with E-state index >= 15 is 0 Å². The Kier molecular flexibility index (Phi) is 5.03. The van der Waals surface area contributed by atoms with Gasteiger partial charge in [0, 0.05) is 34.9 Å². The number of nitrogens with zero attached hydrogens (tertiary/aromatic N) is 1. The lowest BCUT2D eigenvalue weighted by Crippen LogP contribution is -2.30. The van der Waals surface area contributed by atoms with Crippen LogP contribution in [0.3, 0.4) is 0 Å². The van der Waals surface area contributed by atoms with Gasteiger partial charge in [0.05, 0.1) is 6.61 Å². The van der Waals surface area contributed by atoms with Crippen molar-refractivity contribution in [1.82, 2.24) is 0 Å². The molecule has 1 heterocycles. The molecular weight excluding hydrogens is 294 g/mol. The number of aliphatic hydroxyl groups is 2. The third kappa shape index (κ3) is 3.05. The van der Waals surface area contributed by atoms with Crippen molar-refractivity contribution in [2.45, 2.75) is 38.3 Å². The molecule has 0 bridgehead atoms. The lowest BCUT2D eigenvalue weighted by molar-refractivity contribution is 0.277. The Hall–Kier alpha value is -0.580. The van der Waals surface area contributed by atoms with Crippen molar-refractivity contribution in [3.05, 3.63) is 28.2 Å². The standard InChI is InChI=1S/C14H20BrNO2/c15-12-6-5-11(10-18)14(9-12)16-7-1-3-13(16)4-2-8-17/h5-6,9,13,17-18H,1-4,7-8,10H2. The molecule has 0 amide bonds. The third-order valence-electron chi connectivity index (χ3n) is 3.60. The number of rotatable bonds is 5. The van der Waals surface area contributed by atoms with Gasteiger partial charge < -0.3 is 15.1 Å². The fraction of sp³-hybridized carbons (Fsp3) is 0.571. The van der Waals surface area contributed by atoms with Crippen LogP contribution in [0.5, 0.6) is 0 Å². The van der Waals surface area contributed by atoms with Gasteiger partial charge in [-0.15, -0.1) is 0 Å². The first-order valence-corrected chi connectivity index (χ1v) is 7.32. The summed E-state index contributed by atoms with van der Waals surface area (Å²) in [7, 11) is 0. The minimum atomic E-state index is 0.0752. The van der Waals surface area contributed by atoms with Gasteiger partial charge in [-0.3, -0.25) is 0 Å². The Morgan fingerprint density at radius 2 is 2.17 bits per heavy atom. The normalized spacial score (nSPS) is 19.5. The second kappa shape index (κ2) is 6.55. The fourth-order valence-corrected chi connectivity index (χ4v) is 3.07. The van der Waals surface area contributed by atoms with Crippen LogP contribution in [0, 0.1) is 0 Å². The Morgan fingerprint density at radius 1 is 1.33 bits per heavy atom. The van der Waals surface area contributed by atoms with Crippen molar-refractivity contribution in [1.29, 1.82) is 0 Å². The number of halogens is 1. The summed E-state index contributed by atoms with van der Waals surface area (Å²) < 4.78 is 1.04. The average Bonchev–Trinajstić information content (AvgIpc) is 2.84. The largest absolute Gasteiger partial charge is 0.396 e. The van der Waals surface area contributed by atoms with Crippen LogP contribution in [0.15, 0.2) is 22.7 Å². The van der Waals surface area contributed by atoms with E-state index in [-0.39, 0.29) is 13.2 Å². The minimum absolute atomic E-state index is 0.0752. The maximum absolute atomic E-state index is 9.45. The molecule has 1 atom stereocenters. The van der Waals surface area contributed by atoms with Crippen molar-refractivity contribution in [3.8, 4) is 0 Å². The van der Waals surface area contributed by atoms with E-state index in [1.165, 1.54) is 12.8 Å². The molecule has 3 nitrogen and oxygen atoms in total. The predicted octanol–water partition coefficient (Wildman–Crippen LogP) is 2.68. The van der Waals surface area contributed by atoms with Gasteiger partial charge in [-0.05, 0) is 37.8 Å². The first-order valence-electron chi connectivity index (χ1n) is 6.53. The zero-order chi connectivity index (χ0) is 13.0. The fourth-order valence-electron chi connectivity index (χ4n) is 2.72. The molecule has 1 aromatic carbocycles. The van der Waals surface area contributed by atoms with E-state index in [2.05, 4.69) is 26.9 Å². The van der Waals surface area contributed by atoms with Gasteiger partial charge in [0.15, 0.2) is 0 Å². The molecule has 1 aromatic rings. The molecule has 1 unspecified atom stereocenters. The van der Waals surface area contributed by atoms with E-state index in [4.69, 9.17) is 5.11 Å². The first kappa shape index (κ1) is 13.8. The molecule has 4 heteroatoms. The van der Waals surface area contributed by atoms with E-state index in [0.717, 1.165) is 35.1 Å². The smallest absolute Gasteiger partial charge is 0.0702 e. The van der Waals surface area contributed by atoms with Crippen molar-refractivity contribution in [2.24, 2.45) is 0 Å². The van der Waals surface area contributed by atoms with Crippen LogP contribution in [0.25, 0.3) is 0 Å². The van der Waals surface area contributed by atoms with Crippen molar-refractivity contribution in [3.63, 3.8) is 0 Å². The van der Waals surface area contributed by atoms with Crippen LogP contribution in [0.2, 0.25) is 0 Å². The van der Waals surface area contributed by atoms with Crippen molar-refractivity contribution >= 4 is 21.6 Å². The van der Waals surface area contributed by atoms with E-state index < -0.39 is 0 Å². The maximum atomic E-state index is 9.45. The van der Waals surface area contributed by atoms with Gasteiger partial charge in [0.25, 0.3) is 0 Å². The topological polar surface area (TPSA) is 43.7 Å². The molecule has 2 rings (SSSR count). The van der Waals surface area contributed by atoms with Gasteiger partial charge in [-0.25, -0.2) is 0 Å². The summed E-state index contributed by atoms with van der Waals surface area (Å²) in [6.07, 6.45) is 4.24. The van der Waals surface area contributed by atoms with Gasteiger partial charge >= 0.3 is 0 Å². The van der Waals surface area contributed by atoms with Gasteiger partial charge in [0.1, 0.15) is 0 Å². The van der Waals surface area contributed by atoms with Crippen LogP contribution in [-0.4, -0.2) is 29.4 Å². The SMILES string of the molecule is OCCCC1CCCN1c1cc(Br)ccc1CO. The third-order valence-corrected chi connectivity index (χ3v) is 4.09. The van der Waals surface area contributed by atoms with E-state index in [9.17, 15) is 5.11 Å². The number of benzene rings is 1. The highest BCUT2D eigenvalue weighted by molar-refractivity contribution is 9.10. The lowest BCUT2D eigenvalue weighted by atomic mass is 10.1. The number of hydrogen-bond donors (Lipinski definition) is 2. The van der Waals surface area contributed by atoms with Crippen LogP contribution in [0.4, 0.5) is 5.69 Å². The van der Waals surface area contributed by atoms with E-state index in [1.807, 2.05) is 12.1 Å². The monoisotopic (exact) mass is 313 g/mol. The number of anilines is 1. The molecule has 1 fully saturated rings. The van der Waals surface area contributed by atoms with Crippen LogP contribution >= 0.6 is 15.9 Å².